The molecule has 0 aliphatic heterocycles. The smallest absolute Gasteiger partial charge is 0.349 e. The lowest BCUT2D eigenvalue weighted by atomic mass is 10.1. The Morgan fingerprint density at radius 3 is 2.42 bits per heavy atom. The second kappa shape index (κ2) is 5.44. The summed E-state index contributed by atoms with van der Waals surface area (Å²) in [5.41, 5.74) is -0.456. The normalized spacial score (nSPS) is 11.8. The van der Waals surface area contributed by atoms with E-state index in [0.717, 1.165) is 0 Å². The Morgan fingerprint density at radius 1 is 1.32 bits per heavy atom. The molecule has 100 valence electrons. The van der Waals surface area contributed by atoms with Gasteiger partial charge in [-0.3, -0.25) is 0 Å². The van der Waals surface area contributed by atoms with Gasteiger partial charge >= 0.3 is 5.97 Å². The molecular formula is C14H15NO4. The SMILES string of the molecule is CC(C)(C)OC(=O)/C(C#N)=C\c1ccc(O)c(O)c1. The first-order valence-corrected chi connectivity index (χ1v) is 5.60. The highest BCUT2D eigenvalue weighted by molar-refractivity contribution is 5.98. The summed E-state index contributed by atoms with van der Waals surface area (Å²) in [6.07, 6.45) is 1.28. The first-order valence-electron chi connectivity index (χ1n) is 5.60. The highest BCUT2D eigenvalue weighted by atomic mass is 16.6. The molecule has 0 saturated heterocycles. The van der Waals surface area contributed by atoms with Crippen LogP contribution in [0.5, 0.6) is 11.5 Å². The molecule has 1 rings (SSSR count). The highest BCUT2D eigenvalue weighted by Crippen LogP contribution is 2.26. The van der Waals surface area contributed by atoms with Crippen LogP contribution in [0.25, 0.3) is 6.08 Å². The minimum absolute atomic E-state index is 0.181. The summed E-state index contributed by atoms with van der Waals surface area (Å²) in [4.78, 5) is 11.7. The molecule has 0 aliphatic rings. The summed E-state index contributed by atoms with van der Waals surface area (Å²) in [6.45, 7) is 5.10. The number of esters is 1. The van der Waals surface area contributed by atoms with E-state index in [1.807, 2.05) is 0 Å². The number of ether oxygens (including phenoxy) is 1. The molecule has 5 heteroatoms. The van der Waals surface area contributed by atoms with Crippen LogP contribution in [-0.2, 0) is 9.53 Å². The van der Waals surface area contributed by atoms with Gasteiger partial charge in [0.15, 0.2) is 11.5 Å². The van der Waals surface area contributed by atoms with Crippen molar-refractivity contribution < 1.29 is 19.7 Å². The second-order valence-electron chi connectivity index (χ2n) is 4.92. The summed E-state index contributed by atoms with van der Waals surface area (Å²) in [6, 6.07) is 5.73. The Morgan fingerprint density at radius 2 is 1.95 bits per heavy atom. The van der Waals surface area contributed by atoms with Crippen molar-refractivity contribution in [2.24, 2.45) is 0 Å². The van der Waals surface area contributed by atoms with Gasteiger partial charge in [0.1, 0.15) is 17.2 Å². The van der Waals surface area contributed by atoms with Gasteiger partial charge in [0, 0.05) is 0 Å². The van der Waals surface area contributed by atoms with Crippen LogP contribution in [-0.4, -0.2) is 21.8 Å². The van der Waals surface area contributed by atoms with Crippen LogP contribution in [0.3, 0.4) is 0 Å². The van der Waals surface area contributed by atoms with E-state index >= 15 is 0 Å². The van der Waals surface area contributed by atoms with Gasteiger partial charge < -0.3 is 14.9 Å². The monoisotopic (exact) mass is 261 g/mol. The van der Waals surface area contributed by atoms with Crippen molar-refractivity contribution in [1.29, 1.82) is 5.26 Å². The van der Waals surface area contributed by atoms with E-state index in [4.69, 9.17) is 15.1 Å². The molecule has 0 unspecified atom stereocenters. The van der Waals surface area contributed by atoms with Gasteiger partial charge in [-0.25, -0.2) is 4.79 Å². The Kier molecular flexibility index (Phi) is 4.18. The van der Waals surface area contributed by atoms with Crippen molar-refractivity contribution >= 4 is 12.0 Å². The van der Waals surface area contributed by atoms with Crippen molar-refractivity contribution in [2.45, 2.75) is 26.4 Å². The zero-order valence-electron chi connectivity index (χ0n) is 11.0. The summed E-state index contributed by atoms with van der Waals surface area (Å²) in [7, 11) is 0. The predicted molar refractivity (Wildman–Crippen MR) is 69.2 cm³/mol. The number of phenolic OH excluding ortho intramolecular Hbond substituents is 2. The fourth-order valence-corrected chi connectivity index (χ4v) is 1.27. The third kappa shape index (κ3) is 4.36. The second-order valence-corrected chi connectivity index (χ2v) is 4.92. The quantitative estimate of drug-likeness (QED) is 0.369. The molecule has 0 saturated carbocycles. The maximum atomic E-state index is 11.7. The first-order chi connectivity index (χ1) is 8.73. The van der Waals surface area contributed by atoms with Crippen LogP contribution in [0.1, 0.15) is 26.3 Å². The zero-order valence-corrected chi connectivity index (χ0v) is 11.0. The molecular weight excluding hydrogens is 246 g/mol. The number of hydrogen-bond donors (Lipinski definition) is 2. The Balaban J connectivity index is 3.03. The zero-order chi connectivity index (χ0) is 14.6. The van der Waals surface area contributed by atoms with Gasteiger partial charge in [-0.05, 0) is 44.5 Å². The molecule has 2 N–H and O–H groups in total. The fraction of sp³-hybridized carbons (Fsp3) is 0.286. The third-order valence-electron chi connectivity index (χ3n) is 2.05. The van der Waals surface area contributed by atoms with E-state index in [1.165, 1.54) is 24.3 Å². The van der Waals surface area contributed by atoms with Crippen LogP contribution < -0.4 is 0 Å². The maximum Gasteiger partial charge on any atom is 0.349 e. The maximum absolute atomic E-state index is 11.7. The minimum atomic E-state index is -0.734. The number of nitriles is 1. The van der Waals surface area contributed by atoms with E-state index in [9.17, 15) is 9.90 Å². The molecule has 0 atom stereocenters. The number of benzene rings is 1. The highest BCUT2D eigenvalue weighted by Gasteiger charge is 2.19. The predicted octanol–water partition coefficient (Wildman–Crippen LogP) is 2.35. The van der Waals surface area contributed by atoms with Crippen LogP contribution in [0.4, 0.5) is 0 Å². The average Bonchev–Trinajstić information content (AvgIpc) is 2.28. The van der Waals surface area contributed by atoms with Crippen LogP contribution >= 0.6 is 0 Å². The van der Waals surface area contributed by atoms with E-state index in [-0.39, 0.29) is 17.1 Å². The number of nitrogens with zero attached hydrogens (tertiary/aromatic N) is 1. The van der Waals surface area contributed by atoms with E-state index < -0.39 is 11.6 Å². The number of phenols is 2. The molecule has 5 nitrogen and oxygen atoms in total. The van der Waals surface area contributed by atoms with Gasteiger partial charge in [0.25, 0.3) is 0 Å². The molecule has 0 fully saturated rings. The lowest BCUT2D eigenvalue weighted by Gasteiger charge is -2.18. The number of aromatic hydroxyl groups is 2. The Labute approximate surface area is 111 Å². The van der Waals surface area contributed by atoms with Gasteiger partial charge in [-0.15, -0.1) is 0 Å². The van der Waals surface area contributed by atoms with Crippen molar-refractivity contribution in [3.8, 4) is 17.6 Å². The molecule has 0 radical (unpaired) electrons. The molecule has 0 heterocycles. The molecule has 1 aromatic rings. The van der Waals surface area contributed by atoms with Crippen molar-refractivity contribution in [2.75, 3.05) is 0 Å². The van der Waals surface area contributed by atoms with Gasteiger partial charge in [-0.2, -0.15) is 5.26 Å². The molecule has 0 aromatic heterocycles. The lowest BCUT2D eigenvalue weighted by Crippen LogP contribution is -2.24. The fourth-order valence-electron chi connectivity index (χ4n) is 1.27. The summed E-state index contributed by atoms with van der Waals surface area (Å²) >= 11 is 0. The van der Waals surface area contributed by atoms with Gasteiger partial charge in [-0.1, -0.05) is 6.07 Å². The Hall–Kier alpha value is -2.48. The average molecular weight is 261 g/mol. The number of carbonyl (C=O) groups excluding carboxylic acids is 1. The summed E-state index contributed by atoms with van der Waals surface area (Å²) in [5, 5.41) is 27.4. The van der Waals surface area contributed by atoms with Gasteiger partial charge in [0.2, 0.25) is 0 Å². The molecule has 1 aromatic carbocycles. The van der Waals surface area contributed by atoms with Crippen LogP contribution in [0.2, 0.25) is 0 Å². The molecule has 0 bridgehead atoms. The van der Waals surface area contributed by atoms with Crippen molar-refractivity contribution in [3.63, 3.8) is 0 Å². The lowest BCUT2D eigenvalue weighted by molar-refractivity contribution is -0.149. The van der Waals surface area contributed by atoms with E-state index in [1.54, 1.807) is 26.8 Å². The van der Waals surface area contributed by atoms with Crippen LogP contribution in [0, 0.1) is 11.3 Å². The first kappa shape index (κ1) is 14.6. The van der Waals surface area contributed by atoms with Gasteiger partial charge in [0.05, 0.1) is 0 Å². The largest absolute Gasteiger partial charge is 0.504 e. The van der Waals surface area contributed by atoms with Crippen molar-refractivity contribution in [1.82, 2.24) is 0 Å². The summed E-state index contributed by atoms with van der Waals surface area (Å²) < 4.78 is 5.08. The molecule has 19 heavy (non-hydrogen) atoms. The number of carbonyl (C=O) groups is 1. The Bertz CT molecular complexity index is 562. The molecule has 0 aliphatic carbocycles. The van der Waals surface area contributed by atoms with Crippen molar-refractivity contribution in [3.05, 3.63) is 29.3 Å². The van der Waals surface area contributed by atoms with E-state index in [2.05, 4.69) is 0 Å². The third-order valence-corrected chi connectivity index (χ3v) is 2.05. The van der Waals surface area contributed by atoms with E-state index in [0.29, 0.717) is 5.56 Å². The standard InChI is InChI=1S/C14H15NO4/c1-14(2,3)19-13(18)10(8-15)6-9-4-5-11(16)12(17)7-9/h4-7,16-17H,1-3H3/b10-6-. The van der Waals surface area contributed by atoms with Crippen LogP contribution in [0.15, 0.2) is 23.8 Å². The number of hydrogen-bond acceptors (Lipinski definition) is 5. The minimum Gasteiger partial charge on any atom is -0.504 e. The number of rotatable bonds is 2. The molecule has 0 amide bonds. The summed E-state index contributed by atoms with van der Waals surface area (Å²) in [5.74, 6) is -1.33. The topological polar surface area (TPSA) is 90.6 Å². The molecule has 0 spiro atoms.